The van der Waals surface area contributed by atoms with Crippen LogP contribution >= 0.6 is 0 Å². The number of pyridine rings is 1. The SMILES string of the molecule is CC1CCCC(C(=O)O)N1.Cc1cccc(C(=O)O)n1. The molecule has 0 aliphatic carbocycles. The molecule has 0 saturated carbocycles. The molecular formula is C14H20N2O4. The van der Waals surface area contributed by atoms with Gasteiger partial charge < -0.3 is 15.5 Å². The van der Waals surface area contributed by atoms with Crippen molar-refractivity contribution >= 4 is 11.9 Å². The molecule has 6 nitrogen and oxygen atoms in total. The van der Waals surface area contributed by atoms with Crippen LogP contribution in [0.2, 0.25) is 0 Å². The van der Waals surface area contributed by atoms with E-state index in [0.29, 0.717) is 6.04 Å². The first kappa shape index (κ1) is 16.1. The number of aliphatic carboxylic acids is 1. The lowest BCUT2D eigenvalue weighted by Crippen LogP contribution is -2.45. The van der Waals surface area contributed by atoms with Crippen LogP contribution in [0.4, 0.5) is 0 Å². The fourth-order valence-corrected chi connectivity index (χ4v) is 2.00. The van der Waals surface area contributed by atoms with Gasteiger partial charge >= 0.3 is 11.9 Å². The van der Waals surface area contributed by atoms with E-state index >= 15 is 0 Å². The lowest BCUT2D eigenvalue weighted by molar-refractivity contribution is -0.140. The minimum atomic E-state index is -0.983. The summed E-state index contributed by atoms with van der Waals surface area (Å²) in [6, 6.07) is 4.96. The van der Waals surface area contributed by atoms with Crippen molar-refractivity contribution in [2.75, 3.05) is 0 Å². The maximum atomic E-state index is 10.4. The number of hydrogen-bond acceptors (Lipinski definition) is 4. The van der Waals surface area contributed by atoms with Gasteiger partial charge in [-0.3, -0.25) is 4.79 Å². The molecule has 0 radical (unpaired) electrons. The number of nitrogens with zero attached hydrogens (tertiary/aromatic N) is 1. The molecule has 20 heavy (non-hydrogen) atoms. The highest BCUT2D eigenvalue weighted by Gasteiger charge is 2.22. The van der Waals surface area contributed by atoms with Gasteiger partial charge in [-0.25, -0.2) is 9.78 Å². The van der Waals surface area contributed by atoms with Crippen LogP contribution in [0.3, 0.4) is 0 Å². The predicted octanol–water partition coefficient (Wildman–Crippen LogP) is 1.69. The molecule has 1 aromatic rings. The van der Waals surface area contributed by atoms with Crippen LogP contribution in [-0.2, 0) is 4.79 Å². The van der Waals surface area contributed by atoms with Gasteiger partial charge in [0.05, 0.1) is 0 Å². The molecule has 2 unspecified atom stereocenters. The number of aryl methyl sites for hydroxylation is 1. The number of rotatable bonds is 2. The second kappa shape index (κ2) is 7.59. The maximum Gasteiger partial charge on any atom is 0.354 e. The van der Waals surface area contributed by atoms with Gasteiger partial charge in [-0.15, -0.1) is 0 Å². The average molecular weight is 280 g/mol. The van der Waals surface area contributed by atoms with Gasteiger partial charge in [-0.1, -0.05) is 6.07 Å². The lowest BCUT2D eigenvalue weighted by atomic mass is 10.00. The monoisotopic (exact) mass is 280 g/mol. The van der Waals surface area contributed by atoms with Gasteiger partial charge in [0.25, 0.3) is 0 Å². The minimum absolute atomic E-state index is 0.0972. The minimum Gasteiger partial charge on any atom is -0.480 e. The Kier molecular flexibility index (Phi) is 6.11. The quantitative estimate of drug-likeness (QED) is 0.762. The standard InChI is InChI=1S/C7H13NO2.C7H7NO2/c2*1-5-3-2-4-6(8-5)7(9)10/h5-6,8H,2-4H2,1H3,(H,9,10);2-4H,1H3,(H,9,10). The third kappa shape index (κ3) is 5.36. The van der Waals surface area contributed by atoms with Crippen molar-refractivity contribution in [2.24, 2.45) is 0 Å². The molecule has 2 rings (SSSR count). The van der Waals surface area contributed by atoms with E-state index < -0.39 is 11.9 Å². The number of aromatic nitrogens is 1. The summed E-state index contributed by atoms with van der Waals surface area (Å²) in [5, 5.41) is 20.1. The van der Waals surface area contributed by atoms with Crippen molar-refractivity contribution in [3.8, 4) is 0 Å². The summed E-state index contributed by atoms with van der Waals surface area (Å²) in [5.74, 6) is -1.70. The van der Waals surface area contributed by atoms with Crippen molar-refractivity contribution < 1.29 is 19.8 Å². The Bertz CT molecular complexity index is 476. The number of nitrogens with one attached hydrogen (secondary N) is 1. The topological polar surface area (TPSA) is 99.5 Å². The molecule has 0 bridgehead atoms. The van der Waals surface area contributed by atoms with Crippen LogP contribution in [0, 0.1) is 6.92 Å². The number of piperidine rings is 1. The number of aromatic carboxylic acids is 1. The van der Waals surface area contributed by atoms with Gasteiger partial charge in [0.15, 0.2) is 0 Å². The normalized spacial score (nSPS) is 21.5. The molecule has 6 heteroatoms. The fourth-order valence-electron chi connectivity index (χ4n) is 2.00. The summed E-state index contributed by atoms with van der Waals surface area (Å²) in [6.07, 6.45) is 2.91. The molecule has 0 aromatic carbocycles. The van der Waals surface area contributed by atoms with Gasteiger partial charge in [-0.05, 0) is 45.2 Å². The summed E-state index contributed by atoms with van der Waals surface area (Å²) in [6.45, 7) is 3.78. The molecule has 2 heterocycles. The third-order valence-corrected chi connectivity index (χ3v) is 3.02. The highest BCUT2D eigenvalue weighted by molar-refractivity contribution is 5.85. The van der Waals surface area contributed by atoms with E-state index in [1.807, 2.05) is 6.92 Å². The summed E-state index contributed by atoms with van der Waals surface area (Å²) in [5.41, 5.74) is 0.819. The second-order valence-electron chi connectivity index (χ2n) is 4.86. The molecule has 110 valence electrons. The van der Waals surface area contributed by atoms with Crippen LogP contribution in [0.1, 0.15) is 42.4 Å². The second-order valence-corrected chi connectivity index (χ2v) is 4.86. The molecule has 2 atom stereocenters. The fraction of sp³-hybridized carbons (Fsp3) is 0.500. The first-order valence-electron chi connectivity index (χ1n) is 6.56. The van der Waals surface area contributed by atoms with E-state index in [2.05, 4.69) is 10.3 Å². The maximum absolute atomic E-state index is 10.4. The Morgan fingerprint density at radius 2 is 2.00 bits per heavy atom. The third-order valence-electron chi connectivity index (χ3n) is 3.02. The van der Waals surface area contributed by atoms with Crippen LogP contribution in [0.25, 0.3) is 0 Å². The van der Waals surface area contributed by atoms with Crippen molar-refractivity contribution in [1.29, 1.82) is 0 Å². The van der Waals surface area contributed by atoms with E-state index in [-0.39, 0.29) is 11.7 Å². The largest absolute Gasteiger partial charge is 0.480 e. The summed E-state index contributed by atoms with van der Waals surface area (Å²) in [4.78, 5) is 24.5. The first-order valence-corrected chi connectivity index (χ1v) is 6.56. The smallest absolute Gasteiger partial charge is 0.354 e. The zero-order valence-electron chi connectivity index (χ0n) is 11.7. The van der Waals surface area contributed by atoms with Gasteiger partial charge in [0, 0.05) is 11.7 Å². The molecule has 1 aromatic heterocycles. The van der Waals surface area contributed by atoms with Crippen molar-refractivity contribution in [1.82, 2.24) is 10.3 Å². The molecular weight excluding hydrogens is 260 g/mol. The van der Waals surface area contributed by atoms with Crippen molar-refractivity contribution in [3.05, 3.63) is 29.6 Å². The Morgan fingerprint density at radius 3 is 2.40 bits per heavy atom. The Morgan fingerprint density at radius 1 is 1.30 bits per heavy atom. The van der Waals surface area contributed by atoms with E-state index in [0.717, 1.165) is 25.0 Å². The zero-order valence-corrected chi connectivity index (χ0v) is 11.7. The summed E-state index contributed by atoms with van der Waals surface area (Å²) >= 11 is 0. The van der Waals surface area contributed by atoms with E-state index in [1.165, 1.54) is 6.07 Å². The molecule has 0 spiro atoms. The Hall–Kier alpha value is -1.95. The molecule has 1 aliphatic rings. The molecule has 0 amide bonds. The highest BCUT2D eigenvalue weighted by atomic mass is 16.4. The predicted molar refractivity (Wildman–Crippen MR) is 73.8 cm³/mol. The van der Waals surface area contributed by atoms with Crippen molar-refractivity contribution in [3.63, 3.8) is 0 Å². The molecule has 3 N–H and O–H groups in total. The number of hydrogen-bond donors (Lipinski definition) is 3. The summed E-state index contributed by atoms with van der Waals surface area (Å²) < 4.78 is 0. The Labute approximate surface area is 117 Å². The highest BCUT2D eigenvalue weighted by Crippen LogP contribution is 2.11. The van der Waals surface area contributed by atoms with Crippen LogP contribution in [0.5, 0.6) is 0 Å². The van der Waals surface area contributed by atoms with E-state index in [1.54, 1.807) is 19.1 Å². The van der Waals surface area contributed by atoms with Gasteiger partial charge in [0.2, 0.25) is 0 Å². The summed E-state index contributed by atoms with van der Waals surface area (Å²) in [7, 11) is 0. The van der Waals surface area contributed by atoms with Crippen LogP contribution in [-0.4, -0.2) is 39.2 Å². The number of carbonyl (C=O) groups is 2. The molecule has 1 saturated heterocycles. The van der Waals surface area contributed by atoms with Gasteiger partial charge in [0.1, 0.15) is 11.7 Å². The van der Waals surface area contributed by atoms with Crippen molar-refractivity contribution in [2.45, 2.75) is 45.2 Å². The number of carboxylic acids is 2. The van der Waals surface area contributed by atoms with Gasteiger partial charge in [-0.2, -0.15) is 0 Å². The van der Waals surface area contributed by atoms with Crippen LogP contribution < -0.4 is 5.32 Å². The number of carboxylic acid groups (broad SMARTS) is 2. The Balaban J connectivity index is 0.000000200. The lowest BCUT2D eigenvalue weighted by Gasteiger charge is -2.25. The van der Waals surface area contributed by atoms with Crippen LogP contribution in [0.15, 0.2) is 18.2 Å². The molecule has 1 fully saturated rings. The molecule has 1 aliphatic heterocycles. The average Bonchev–Trinajstić information content (AvgIpc) is 2.39. The first-order chi connectivity index (χ1) is 9.40. The van der Waals surface area contributed by atoms with E-state index in [4.69, 9.17) is 10.2 Å². The zero-order chi connectivity index (χ0) is 15.1. The van der Waals surface area contributed by atoms with E-state index in [9.17, 15) is 9.59 Å².